The Balaban J connectivity index is 1.09. The van der Waals surface area contributed by atoms with Crippen molar-refractivity contribution in [2.75, 3.05) is 39.2 Å². The number of thiazole rings is 1. The molecule has 2 aromatic carbocycles. The van der Waals surface area contributed by atoms with Crippen molar-refractivity contribution in [2.45, 2.75) is 77.5 Å². The van der Waals surface area contributed by atoms with Gasteiger partial charge in [0.05, 0.1) is 42.4 Å². The number of H-pyrrole nitrogens is 1. The Hall–Kier alpha value is -5.18. The SMILES string of the molecule is COC(=O)N[C@H](C(=O)N1CCC[C@H]1CNc1nc2ccc(-c3ccc(-c4cnc([C@@H]5CCCN5C(=O)[C@@H](NC(=O)OC)C(C)C)[nH]4)cc3)cc2s1)C(C)C. The first-order valence-electron chi connectivity index (χ1n) is 18.6. The number of carbonyl (C=O) groups excluding carboxylic acids is 4. The number of hydrogen-bond donors (Lipinski definition) is 4. The molecule has 0 unspecified atom stereocenters. The van der Waals surface area contributed by atoms with Gasteiger partial charge >= 0.3 is 12.2 Å². The van der Waals surface area contributed by atoms with Gasteiger partial charge in [0, 0.05) is 25.7 Å². The Labute approximate surface area is 319 Å². The highest BCUT2D eigenvalue weighted by Crippen LogP contribution is 2.34. The van der Waals surface area contributed by atoms with Crippen LogP contribution in [-0.4, -0.2) is 101 Å². The molecule has 2 aromatic heterocycles. The molecule has 0 saturated carbocycles. The number of hydrogen-bond acceptors (Lipinski definition) is 10. The first kappa shape index (κ1) is 38.5. The van der Waals surface area contributed by atoms with Crippen molar-refractivity contribution in [3.63, 3.8) is 0 Å². The number of fused-ring (bicyclic) bond motifs is 1. The standard InChI is InChI=1S/C39H50N8O6S/c1-22(2)32(44-38(50)52-5)35(48)46-17-7-9-27(46)20-41-37-43-28-16-15-26(19-31(28)54-37)24-11-13-25(14-12-24)29-21-40-34(42-29)30-10-8-18-47(30)36(49)33(23(3)4)45-39(51)53-6/h11-16,19,21-23,27,30,32-33H,7-10,17-18,20H2,1-6H3,(H,40,42)(H,41,43)(H,44,50)(H,45,51)/t27-,30-,32-,33-/m0/s1. The molecule has 4 aromatic rings. The highest BCUT2D eigenvalue weighted by Gasteiger charge is 2.38. The number of anilines is 1. The molecule has 4 N–H and O–H groups in total. The summed E-state index contributed by atoms with van der Waals surface area (Å²) in [5.41, 5.74) is 4.87. The monoisotopic (exact) mass is 758 g/mol. The van der Waals surface area contributed by atoms with Gasteiger partial charge in [-0.2, -0.15) is 0 Å². The fourth-order valence-electron chi connectivity index (χ4n) is 7.29. The number of carbonyl (C=O) groups is 4. The summed E-state index contributed by atoms with van der Waals surface area (Å²) >= 11 is 1.58. The van der Waals surface area contributed by atoms with Crippen LogP contribution in [0.3, 0.4) is 0 Å². The van der Waals surface area contributed by atoms with Crippen molar-refractivity contribution >= 4 is 50.7 Å². The van der Waals surface area contributed by atoms with E-state index in [1.807, 2.05) is 43.6 Å². The Morgan fingerprint density at radius 2 is 1.43 bits per heavy atom. The van der Waals surface area contributed by atoms with E-state index in [0.29, 0.717) is 19.6 Å². The average Bonchev–Trinajstić information content (AvgIpc) is 4.00. The molecule has 2 saturated heterocycles. The van der Waals surface area contributed by atoms with E-state index in [1.165, 1.54) is 14.2 Å². The zero-order valence-corrected chi connectivity index (χ0v) is 32.5. The zero-order valence-electron chi connectivity index (χ0n) is 31.7. The third-order valence-corrected chi connectivity index (χ3v) is 11.3. The van der Waals surface area contributed by atoms with E-state index in [-0.39, 0.29) is 35.7 Å². The molecule has 0 aliphatic carbocycles. The second-order valence-corrected chi connectivity index (χ2v) is 15.6. The van der Waals surface area contributed by atoms with Gasteiger partial charge in [-0.1, -0.05) is 69.4 Å². The second kappa shape index (κ2) is 16.9. The summed E-state index contributed by atoms with van der Waals surface area (Å²) in [5.74, 6) is 0.315. The van der Waals surface area contributed by atoms with Gasteiger partial charge < -0.3 is 40.2 Å². The smallest absolute Gasteiger partial charge is 0.407 e. The van der Waals surface area contributed by atoms with E-state index in [4.69, 9.17) is 14.5 Å². The van der Waals surface area contributed by atoms with E-state index in [2.05, 4.69) is 62.3 Å². The normalized spacial score (nSPS) is 18.2. The van der Waals surface area contributed by atoms with Gasteiger partial charge in [-0.25, -0.2) is 19.6 Å². The Bertz CT molecular complexity index is 1960. The van der Waals surface area contributed by atoms with Gasteiger partial charge in [-0.15, -0.1) is 0 Å². The minimum atomic E-state index is -0.686. The fraction of sp³-hybridized carbons (Fsp3) is 0.487. The van der Waals surface area contributed by atoms with E-state index in [0.717, 1.165) is 69.2 Å². The number of benzene rings is 2. The van der Waals surface area contributed by atoms with Crippen molar-refractivity contribution in [1.82, 2.24) is 35.4 Å². The minimum absolute atomic E-state index is 0.00241. The number of alkyl carbamates (subject to hydrolysis) is 2. The third-order valence-electron chi connectivity index (χ3n) is 10.3. The average molecular weight is 759 g/mol. The van der Waals surface area contributed by atoms with Gasteiger partial charge in [0.1, 0.15) is 17.9 Å². The molecule has 4 heterocycles. The van der Waals surface area contributed by atoms with Crippen molar-refractivity contribution in [3.8, 4) is 22.4 Å². The molecule has 4 atom stereocenters. The van der Waals surface area contributed by atoms with E-state index < -0.39 is 24.3 Å². The largest absolute Gasteiger partial charge is 0.453 e. The molecule has 0 bridgehead atoms. The highest BCUT2D eigenvalue weighted by atomic mass is 32.1. The Morgan fingerprint density at radius 1 is 0.833 bits per heavy atom. The van der Waals surface area contributed by atoms with Crippen LogP contribution >= 0.6 is 11.3 Å². The van der Waals surface area contributed by atoms with Crippen LogP contribution in [0.25, 0.3) is 32.6 Å². The number of likely N-dealkylation sites (tertiary alicyclic amines) is 2. The summed E-state index contributed by atoms with van der Waals surface area (Å²) in [6.07, 6.45) is 3.98. The molecule has 54 heavy (non-hydrogen) atoms. The molecule has 6 rings (SSSR count). The number of aromatic amines is 1. The lowest BCUT2D eigenvalue weighted by Crippen LogP contribution is -2.53. The molecule has 0 spiro atoms. The van der Waals surface area contributed by atoms with Gasteiger partial charge in [0.15, 0.2) is 5.13 Å². The zero-order chi connectivity index (χ0) is 38.5. The van der Waals surface area contributed by atoms with Crippen LogP contribution in [0.2, 0.25) is 0 Å². The second-order valence-electron chi connectivity index (χ2n) is 14.6. The maximum atomic E-state index is 13.5. The van der Waals surface area contributed by atoms with Gasteiger partial charge in [0.25, 0.3) is 0 Å². The van der Waals surface area contributed by atoms with E-state index in [1.54, 1.807) is 17.5 Å². The fourth-order valence-corrected chi connectivity index (χ4v) is 8.20. The van der Waals surface area contributed by atoms with E-state index >= 15 is 0 Å². The highest BCUT2D eigenvalue weighted by molar-refractivity contribution is 7.22. The molecule has 4 amide bonds. The van der Waals surface area contributed by atoms with Gasteiger partial charge in [0.2, 0.25) is 11.8 Å². The third kappa shape index (κ3) is 8.46. The van der Waals surface area contributed by atoms with Gasteiger partial charge in [-0.3, -0.25) is 9.59 Å². The molecule has 288 valence electrons. The molecular formula is C39H50N8O6S. The summed E-state index contributed by atoms with van der Waals surface area (Å²) in [6, 6.07) is 13.0. The van der Waals surface area contributed by atoms with Crippen LogP contribution in [-0.2, 0) is 19.1 Å². The van der Waals surface area contributed by atoms with Crippen molar-refractivity contribution in [1.29, 1.82) is 0 Å². The lowest BCUT2D eigenvalue weighted by Gasteiger charge is -2.30. The molecule has 15 heteroatoms. The van der Waals surface area contributed by atoms with Gasteiger partial charge in [-0.05, 0) is 66.3 Å². The number of methoxy groups -OCH3 is 2. The Morgan fingerprint density at radius 3 is 2.07 bits per heavy atom. The molecular weight excluding hydrogens is 709 g/mol. The number of nitrogens with zero attached hydrogens (tertiary/aromatic N) is 4. The minimum Gasteiger partial charge on any atom is -0.453 e. The van der Waals surface area contributed by atoms with Crippen LogP contribution in [0.5, 0.6) is 0 Å². The summed E-state index contributed by atoms with van der Waals surface area (Å²) in [7, 11) is 2.59. The molecule has 14 nitrogen and oxygen atoms in total. The predicted molar refractivity (Wildman–Crippen MR) is 208 cm³/mol. The number of ether oxygens (including phenoxy) is 2. The summed E-state index contributed by atoms with van der Waals surface area (Å²) in [6.45, 7) is 9.44. The maximum Gasteiger partial charge on any atom is 0.407 e. The lowest BCUT2D eigenvalue weighted by atomic mass is 10.0. The Kier molecular flexibility index (Phi) is 12.0. The number of aromatic nitrogens is 3. The first-order valence-corrected chi connectivity index (χ1v) is 19.4. The van der Waals surface area contributed by atoms with Crippen LogP contribution in [0.15, 0.2) is 48.7 Å². The number of nitrogens with one attached hydrogen (secondary N) is 4. The van der Waals surface area contributed by atoms with Crippen molar-refractivity contribution in [3.05, 3.63) is 54.5 Å². The maximum absolute atomic E-state index is 13.5. The summed E-state index contributed by atoms with van der Waals surface area (Å²) < 4.78 is 10.6. The molecule has 2 aliphatic heterocycles. The molecule has 0 radical (unpaired) electrons. The van der Waals surface area contributed by atoms with Crippen molar-refractivity contribution in [2.24, 2.45) is 11.8 Å². The predicted octanol–water partition coefficient (Wildman–Crippen LogP) is 6.18. The quantitative estimate of drug-likeness (QED) is 0.132. The molecule has 2 aliphatic rings. The lowest BCUT2D eigenvalue weighted by molar-refractivity contribution is -0.136. The van der Waals surface area contributed by atoms with Crippen LogP contribution < -0.4 is 16.0 Å². The van der Waals surface area contributed by atoms with Crippen LogP contribution in [0, 0.1) is 11.8 Å². The van der Waals surface area contributed by atoms with Crippen LogP contribution in [0.1, 0.15) is 65.2 Å². The summed E-state index contributed by atoms with van der Waals surface area (Å²) in [4.78, 5) is 67.4. The van der Waals surface area contributed by atoms with E-state index in [9.17, 15) is 19.2 Å². The first-order chi connectivity index (χ1) is 26.0. The molecule has 2 fully saturated rings. The van der Waals surface area contributed by atoms with Crippen LogP contribution in [0.4, 0.5) is 14.7 Å². The summed E-state index contributed by atoms with van der Waals surface area (Å²) in [5, 5.41) is 9.65. The van der Waals surface area contributed by atoms with Crippen molar-refractivity contribution < 1.29 is 28.7 Å². The number of rotatable bonds is 12. The number of amides is 4. The topological polar surface area (TPSA) is 171 Å². The number of imidazole rings is 1.